The highest BCUT2D eigenvalue weighted by molar-refractivity contribution is 7.99. The van der Waals surface area contributed by atoms with Crippen LogP contribution in [-0.2, 0) is 28.3 Å². The van der Waals surface area contributed by atoms with Gasteiger partial charge in [-0.15, -0.1) is 11.8 Å². The van der Waals surface area contributed by atoms with E-state index in [0.29, 0.717) is 34.3 Å². The third-order valence-electron chi connectivity index (χ3n) is 6.13. The number of nitro benzene ring substituents is 1. The number of benzene rings is 3. The SMILES string of the molecule is CCCCNC(=O)[C@@H](Cc1ccccc1)N(Cc1c(Cl)cccc1Cl)C(=O)CSCc1ccc([N+](=O)[O-])cc1. The van der Waals surface area contributed by atoms with Gasteiger partial charge in [-0.1, -0.05) is 85.1 Å². The number of nitrogens with zero attached hydrogens (tertiary/aromatic N) is 2. The number of thioether (sulfide) groups is 1. The fourth-order valence-electron chi connectivity index (χ4n) is 3.97. The molecule has 0 aliphatic heterocycles. The van der Waals surface area contributed by atoms with E-state index in [4.69, 9.17) is 23.2 Å². The molecule has 3 aromatic carbocycles. The Kier molecular flexibility index (Phi) is 12.1. The van der Waals surface area contributed by atoms with E-state index in [-0.39, 0.29) is 29.8 Å². The van der Waals surface area contributed by atoms with E-state index < -0.39 is 11.0 Å². The number of carbonyl (C=O) groups is 2. The molecule has 7 nitrogen and oxygen atoms in total. The number of amides is 2. The maximum absolute atomic E-state index is 13.7. The maximum atomic E-state index is 13.7. The van der Waals surface area contributed by atoms with Crippen molar-refractivity contribution in [1.82, 2.24) is 10.2 Å². The van der Waals surface area contributed by atoms with Crippen molar-refractivity contribution in [2.75, 3.05) is 12.3 Å². The molecule has 0 spiro atoms. The van der Waals surface area contributed by atoms with E-state index in [1.807, 2.05) is 37.3 Å². The Balaban J connectivity index is 1.85. The molecule has 1 atom stereocenters. The van der Waals surface area contributed by atoms with Crippen LogP contribution in [0.1, 0.15) is 36.5 Å². The van der Waals surface area contributed by atoms with Crippen molar-refractivity contribution in [3.8, 4) is 0 Å². The average molecular weight is 589 g/mol. The molecule has 0 unspecified atom stereocenters. The Hall–Kier alpha value is -3.07. The van der Waals surface area contributed by atoms with Crippen LogP contribution in [0.25, 0.3) is 0 Å². The summed E-state index contributed by atoms with van der Waals surface area (Å²) in [6.45, 7) is 2.64. The Bertz CT molecular complexity index is 1240. The third kappa shape index (κ3) is 9.27. The number of non-ortho nitro benzene ring substituents is 1. The summed E-state index contributed by atoms with van der Waals surface area (Å²) in [4.78, 5) is 39.2. The van der Waals surface area contributed by atoms with Crippen molar-refractivity contribution in [2.45, 2.75) is 44.5 Å². The summed E-state index contributed by atoms with van der Waals surface area (Å²) in [6.07, 6.45) is 2.10. The zero-order valence-electron chi connectivity index (χ0n) is 21.6. The first kappa shape index (κ1) is 30.5. The minimum absolute atomic E-state index is 0.0143. The lowest BCUT2D eigenvalue weighted by atomic mass is 10.0. The standard InChI is InChI=1S/C29H31Cl2N3O4S/c1-2-3-16-32-29(36)27(17-21-8-5-4-6-9-21)33(18-24-25(30)10-7-11-26(24)31)28(35)20-39-19-22-12-14-23(15-13-22)34(37)38/h4-15,27H,2-3,16-20H2,1H3,(H,32,36)/t27-/m1/s1. The highest BCUT2D eigenvalue weighted by Gasteiger charge is 2.31. The number of carbonyl (C=O) groups excluding carboxylic acids is 2. The van der Waals surface area contributed by atoms with Crippen molar-refractivity contribution in [2.24, 2.45) is 0 Å². The fraction of sp³-hybridized carbons (Fsp3) is 0.310. The average Bonchev–Trinajstić information content (AvgIpc) is 2.93. The van der Waals surface area contributed by atoms with E-state index in [1.54, 1.807) is 35.2 Å². The van der Waals surface area contributed by atoms with Gasteiger partial charge < -0.3 is 10.2 Å². The molecule has 2 amide bonds. The van der Waals surface area contributed by atoms with E-state index in [9.17, 15) is 19.7 Å². The van der Waals surface area contributed by atoms with Gasteiger partial charge in [-0.3, -0.25) is 19.7 Å². The summed E-state index contributed by atoms with van der Waals surface area (Å²) >= 11 is 14.3. The lowest BCUT2D eigenvalue weighted by Crippen LogP contribution is -2.51. The number of nitro groups is 1. The largest absolute Gasteiger partial charge is 0.354 e. The second-order valence-corrected chi connectivity index (χ2v) is 10.8. The number of halogens is 2. The smallest absolute Gasteiger partial charge is 0.269 e. The first-order chi connectivity index (χ1) is 18.8. The molecule has 0 heterocycles. The van der Waals surface area contributed by atoms with Crippen LogP contribution in [0.2, 0.25) is 10.0 Å². The molecule has 0 bridgehead atoms. The van der Waals surface area contributed by atoms with Crippen LogP contribution in [-0.4, -0.2) is 40.0 Å². The molecule has 206 valence electrons. The van der Waals surface area contributed by atoms with Crippen LogP contribution < -0.4 is 5.32 Å². The second kappa shape index (κ2) is 15.5. The Morgan fingerprint density at radius 1 is 0.974 bits per heavy atom. The summed E-state index contributed by atoms with van der Waals surface area (Å²) in [5, 5.41) is 14.8. The van der Waals surface area contributed by atoms with Crippen molar-refractivity contribution in [3.05, 3.63) is 110 Å². The number of hydrogen-bond acceptors (Lipinski definition) is 5. The first-order valence-electron chi connectivity index (χ1n) is 12.6. The van der Waals surface area contributed by atoms with Crippen LogP contribution in [0.3, 0.4) is 0 Å². The molecule has 0 aliphatic rings. The maximum Gasteiger partial charge on any atom is 0.269 e. The van der Waals surface area contributed by atoms with Crippen LogP contribution in [0, 0.1) is 10.1 Å². The predicted molar refractivity (Wildman–Crippen MR) is 158 cm³/mol. The van der Waals surface area contributed by atoms with Crippen molar-refractivity contribution < 1.29 is 14.5 Å². The second-order valence-electron chi connectivity index (χ2n) is 8.99. The Labute approximate surface area is 243 Å². The molecule has 3 rings (SSSR count). The van der Waals surface area contributed by atoms with Gasteiger partial charge in [0.2, 0.25) is 11.8 Å². The zero-order valence-corrected chi connectivity index (χ0v) is 24.0. The minimum atomic E-state index is -0.774. The Morgan fingerprint density at radius 3 is 2.26 bits per heavy atom. The van der Waals surface area contributed by atoms with Crippen LogP contribution in [0.4, 0.5) is 5.69 Å². The summed E-state index contributed by atoms with van der Waals surface area (Å²) in [7, 11) is 0. The highest BCUT2D eigenvalue weighted by atomic mass is 35.5. The minimum Gasteiger partial charge on any atom is -0.354 e. The fourth-order valence-corrected chi connectivity index (χ4v) is 5.35. The van der Waals surface area contributed by atoms with Crippen LogP contribution >= 0.6 is 35.0 Å². The summed E-state index contributed by atoms with van der Waals surface area (Å²) in [5.41, 5.74) is 2.38. The molecule has 3 aromatic rings. The van der Waals surface area contributed by atoms with Gasteiger partial charge in [0.1, 0.15) is 6.04 Å². The number of rotatable bonds is 14. The molecule has 0 aliphatic carbocycles. The van der Waals surface area contributed by atoms with Gasteiger partial charge in [-0.25, -0.2) is 0 Å². The molecule has 10 heteroatoms. The topological polar surface area (TPSA) is 92.6 Å². The van der Waals surface area contributed by atoms with Crippen LogP contribution in [0.15, 0.2) is 72.8 Å². The van der Waals surface area contributed by atoms with E-state index >= 15 is 0 Å². The number of nitrogens with one attached hydrogen (secondary N) is 1. The van der Waals surface area contributed by atoms with Gasteiger partial charge in [0.05, 0.1) is 10.7 Å². The summed E-state index contributed by atoms with van der Waals surface area (Å²) in [6, 6.07) is 20.2. The van der Waals surface area contributed by atoms with Gasteiger partial charge >= 0.3 is 0 Å². The molecule has 39 heavy (non-hydrogen) atoms. The molecular weight excluding hydrogens is 557 g/mol. The van der Waals surface area contributed by atoms with Gasteiger partial charge in [0.25, 0.3) is 5.69 Å². The zero-order chi connectivity index (χ0) is 28.2. The summed E-state index contributed by atoms with van der Waals surface area (Å²) < 4.78 is 0. The molecule has 1 N–H and O–H groups in total. The number of unbranched alkanes of at least 4 members (excludes halogenated alkanes) is 1. The van der Waals surface area contributed by atoms with Crippen molar-refractivity contribution in [3.63, 3.8) is 0 Å². The van der Waals surface area contributed by atoms with E-state index in [1.165, 1.54) is 23.9 Å². The monoisotopic (exact) mass is 587 g/mol. The molecule has 0 fully saturated rings. The van der Waals surface area contributed by atoms with Crippen molar-refractivity contribution >= 4 is 52.5 Å². The lowest BCUT2D eigenvalue weighted by Gasteiger charge is -2.32. The third-order valence-corrected chi connectivity index (χ3v) is 7.83. The lowest BCUT2D eigenvalue weighted by molar-refractivity contribution is -0.384. The summed E-state index contributed by atoms with van der Waals surface area (Å²) in [5.74, 6) is 0.122. The molecular formula is C29H31Cl2N3O4S. The first-order valence-corrected chi connectivity index (χ1v) is 14.6. The van der Waals surface area contributed by atoms with Crippen molar-refractivity contribution in [1.29, 1.82) is 0 Å². The molecule has 0 saturated heterocycles. The quantitative estimate of drug-likeness (QED) is 0.129. The van der Waals surface area contributed by atoms with Gasteiger partial charge in [0.15, 0.2) is 0 Å². The molecule has 0 aromatic heterocycles. The number of hydrogen-bond donors (Lipinski definition) is 1. The Morgan fingerprint density at radius 2 is 1.64 bits per heavy atom. The molecule has 0 saturated carbocycles. The normalized spacial score (nSPS) is 11.6. The highest BCUT2D eigenvalue weighted by Crippen LogP contribution is 2.28. The molecule has 0 radical (unpaired) electrons. The van der Waals surface area contributed by atoms with E-state index in [0.717, 1.165) is 24.0 Å². The van der Waals surface area contributed by atoms with Gasteiger partial charge in [-0.2, -0.15) is 0 Å². The predicted octanol–water partition coefficient (Wildman–Crippen LogP) is 6.69. The van der Waals surface area contributed by atoms with E-state index in [2.05, 4.69) is 5.32 Å². The van der Waals surface area contributed by atoms with Gasteiger partial charge in [0, 0.05) is 53.0 Å². The van der Waals surface area contributed by atoms with Crippen LogP contribution in [0.5, 0.6) is 0 Å². The van der Waals surface area contributed by atoms with Gasteiger partial charge in [-0.05, 0) is 29.7 Å².